The zero-order chi connectivity index (χ0) is 17.7. The summed E-state index contributed by atoms with van der Waals surface area (Å²) in [5.41, 5.74) is 3.48. The van der Waals surface area contributed by atoms with Crippen LogP contribution < -0.4 is 15.1 Å². The lowest BCUT2D eigenvalue weighted by Gasteiger charge is -2.20. The van der Waals surface area contributed by atoms with Gasteiger partial charge >= 0.3 is 6.03 Å². The third kappa shape index (κ3) is 4.18. The van der Waals surface area contributed by atoms with Crippen LogP contribution in [0.5, 0.6) is 5.75 Å². The number of benzene rings is 2. The molecule has 0 unspecified atom stereocenters. The van der Waals surface area contributed by atoms with Crippen molar-refractivity contribution in [1.82, 2.24) is 5.32 Å². The highest BCUT2D eigenvalue weighted by Crippen LogP contribution is 2.28. The molecule has 0 aromatic heterocycles. The summed E-state index contributed by atoms with van der Waals surface area (Å²) < 4.78 is 6.67. The number of nitrogens with one attached hydrogen (secondary N) is 1. The summed E-state index contributed by atoms with van der Waals surface area (Å²) in [6.07, 6.45) is 0.980. The molecule has 0 bridgehead atoms. The Labute approximate surface area is 155 Å². The number of hydrogen-bond donors (Lipinski definition) is 2. The van der Waals surface area contributed by atoms with Crippen LogP contribution in [0.15, 0.2) is 36.4 Å². The van der Waals surface area contributed by atoms with Gasteiger partial charge in [-0.3, -0.25) is 5.21 Å². The Bertz CT molecular complexity index is 734. The molecule has 5 nitrogen and oxygen atoms in total. The van der Waals surface area contributed by atoms with Crippen molar-refractivity contribution in [3.8, 4) is 5.75 Å². The van der Waals surface area contributed by atoms with Gasteiger partial charge in [0.15, 0.2) is 0 Å². The largest absolute Gasteiger partial charge is 0.489 e. The lowest BCUT2D eigenvalue weighted by molar-refractivity contribution is 0.205. The van der Waals surface area contributed by atoms with Crippen LogP contribution in [0.25, 0.3) is 0 Å². The van der Waals surface area contributed by atoms with E-state index < -0.39 is 6.03 Å². The van der Waals surface area contributed by atoms with Crippen molar-refractivity contribution in [2.45, 2.75) is 26.9 Å². The highest BCUT2D eigenvalue weighted by Gasteiger charge is 2.19. The van der Waals surface area contributed by atoms with Gasteiger partial charge in [0.05, 0.1) is 5.69 Å². The number of aryl methyl sites for hydroxylation is 2. The molecule has 2 amide bonds. The van der Waals surface area contributed by atoms with Crippen molar-refractivity contribution >= 4 is 34.3 Å². The summed E-state index contributed by atoms with van der Waals surface area (Å²) in [4.78, 5) is 11.7. The fraction of sp³-hybridized carbons (Fsp3) is 0.278. The van der Waals surface area contributed by atoms with E-state index in [4.69, 9.17) is 4.74 Å². The number of nitrogens with zero attached hydrogens (tertiary/aromatic N) is 1. The Morgan fingerprint density at radius 2 is 2.08 bits per heavy atom. The molecule has 0 saturated carbocycles. The zero-order valence-electron chi connectivity index (χ0n) is 14.0. The van der Waals surface area contributed by atoms with E-state index in [1.165, 1.54) is 12.6 Å². The fourth-order valence-corrected chi connectivity index (χ4v) is 3.15. The minimum absolute atomic E-state index is 0.256. The smallest absolute Gasteiger partial charge is 0.345 e. The molecule has 0 heterocycles. The van der Waals surface area contributed by atoms with E-state index in [0.29, 0.717) is 10.8 Å². The van der Waals surface area contributed by atoms with Crippen molar-refractivity contribution in [2.75, 3.05) is 12.1 Å². The topological polar surface area (TPSA) is 61.8 Å². The first-order valence-electron chi connectivity index (χ1n) is 7.68. The first kappa shape index (κ1) is 18.5. The van der Waals surface area contributed by atoms with Crippen molar-refractivity contribution < 1.29 is 14.7 Å². The molecule has 2 N–H and O–H groups in total. The predicted octanol–water partition coefficient (Wildman–Crippen LogP) is 4.28. The van der Waals surface area contributed by atoms with Crippen LogP contribution in [-0.4, -0.2) is 18.3 Å². The molecule has 0 fully saturated rings. The zero-order valence-corrected chi connectivity index (χ0v) is 16.1. The second-order valence-electron chi connectivity index (χ2n) is 5.36. The van der Waals surface area contributed by atoms with E-state index in [2.05, 4.69) is 40.9 Å². The maximum Gasteiger partial charge on any atom is 0.345 e. The Hall–Kier alpha value is -1.80. The molecular weight excluding hydrogens is 419 g/mol. The van der Waals surface area contributed by atoms with E-state index in [-0.39, 0.29) is 6.61 Å². The van der Waals surface area contributed by atoms with Gasteiger partial charge in [0, 0.05) is 16.2 Å². The van der Waals surface area contributed by atoms with E-state index in [0.717, 1.165) is 26.9 Å². The van der Waals surface area contributed by atoms with Crippen molar-refractivity contribution in [2.24, 2.45) is 0 Å². The molecule has 0 aliphatic heterocycles. The molecule has 6 heteroatoms. The van der Waals surface area contributed by atoms with Crippen LogP contribution in [0, 0.1) is 10.5 Å². The van der Waals surface area contributed by atoms with Gasteiger partial charge in [-0.1, -0.05) is 31.2 Å². The van der Waals surface area contributed by atoms with Crippen LogP contribution in [0.2, 0.25) is 0 Å². The van der Waals surface area contributed by atoms with E-state index in [1.54, 1.807) is 0 Å². The molecule has 2 aromatic rings. The molecule has 2 aromatic carbocycles. The molecule has 0 aliphatic carbocycles. The van der Waals surface area contributed by atoms with Crippen LogP contribution in [-0.2, 0) is 13.0 Å². The maximum atomic E-state index is 11.7. The number of urea groups is 1. The summed E-state index contributed by atoms with van der Waals surface area (Å²) in [5.74, 6) is 0.793. The molecule has 0 radical (unpaired) electrons. The molecular formula is C18H21IN2O3. The van der Waals surface area contributed by atoms with Crippen LogP contribution in [0.1, 0.15) is 23.6 Å². The van der Waals surface area contributed by atoms with Gasteiger partial charge in [0.25, 0.3) is 0 Å². The van der Waals surface area contributed by atoms with Crippen molar-refractivity contribution in [3.63, 3.8) is 0 Å². The van der Waals surface area contributed by atoms with Gasteiger partial charge < -0.3 is 10.1 Å². The molecule has 0 saturated heterocycles. The molecule has 0 aliphatic rings. The summed E-state index contributed by atoms with van der Waals surface area (Å²) in [7, 11) is 1.47. The SMILES string of the molecule is CCc1ccc(OCc2cccc(I)c2N(O)C(=O)NC)c(C)c1. The van der Waals surface area contributed by atoms with E-state index >= 15 is 0 Å². The quantitative estimate of drug-likeness (QED) is 0.415. The number of hydrogen-bond acceptors (Lipinski definition) is 3. The number of carbonyl (C=O) groups is 1. The molecule has 128 valence electrons. The van der Waals surface area contributed by atoms with Gasteiger partial charge in [-0.05, 0) is 59.2 Å². The fourth-order valence-electron chi connectivity index (χ4n) is 2.37. The van der Waals surface area contributed by atoms with E-state index in [9.17, 15) is 10.0 Å². The van der Waals surface area contributed by atoms with Crippen molar-refractivity contribution in [1.29, 1.82) is 0 Å². The number of halogens is 1. The molecule has 24 heavy (non-hydrogen) atoms. The number of rotatable bonds is 5. The molecule has 2 rings (SSSR count). The standard InChI is InChI=1S/C18H21IN2O3/c1-4-13-8-9-16(12(2)10-13)24-11-14-6-5-7-15(19)17(14)21(23)18(22)20-3/h5-10,23H,4,11H2,1-3H3,(H,20,22). The second kappa shape index (κ2) is 8.34. The number of anilines is 1. The van der Waals surface area contributed by atoms with Crippen molar-refractivity contribution in [3.05, 3.63) is 56.7 Å². The van der Waals surface area contributed by atoms with E-state index in [1.807, 2.05) is 37.3 Å². The van der Waals surface area contributed by atoms with Crippen LogP contribution in [0.4, 0.5) is 10.5 Å². The highest BCUT2D eigenvalue weighted by molar-refractivity contribution is 14.1. The highest BCUT2D eigenvalue weighted by atomic mass is 127. The summed E-state index contributed by atoms with van der Waals surface area (Å²) in [5, 5.41) is 13.2. The van der Waals surface area contributed by atoms with Gasteiger partial charge in [0.1, 0.15) is 12.4 Å². The number of para-hydroxylation sites is 1. The van der Waals surface area contributed by atoms with Gasteiger partial charge in [0.2, 0.25) is 0 Å². The minimum atomic E-state index is -0.594. The molecule has 0 atom stereocenters. The minimum Gasteiger partial charge on any atom is -0.489 e. The summed E-state index contributed by atoms with van der Waals surface area (Å²) in [6.45, 7) is 4.38. The lowest BCUT2D eigenvalue weighted by atomic mass is 10.1. The molecule has 0 spiro atoms. The van der Waals surface area contributed by atoms with Crippen LogP contribution >= 0.6 is 22.6 Å². The Morgan fingerprint density at radius 3 is 2.71 bits per heavy atom. The van der Waals surface area contributed by atoms with Gasteiger partial charge in [-0.2, -0.15) is 5.06 Å². The first-order valence-corrected chi connectivity index (χ1v) is 8.76. The Kier molecular flexibility index (Phi) is 6.44. The van der Waals surface area contributed by atoms with Gasteiger partial charge in [-0.15, -0.1) is 0 Å². The average molecular weight is 440 g/mol. The predicted molar refractivity (Wildman–Crippen MR) is 103 cm³/mol. The number of amides is 2. The summed E-state index contributed by atoms with van der Waals surface area (Å²) >= 11 is 2.08. The average Bonchev–Trinajstić information content (AvgIpc) is 2.59. The van der Waals surface area contributed by atoms with Gasteiger partial charge in [-0.25, -0.2) is 4.79 Å². The number of ether oxygens (including phenoxy) is 1. The Balaban J connectivity index is 2.24. The third-order valence-corrected chi connectivity index (χ3v) is 4.59. The second-order valence-corrected chi connectivity index (χ2v) is 6.52. The maximum absolute atomic E-state index is 11.7. The monoisotopic (exact) mass is 440 g/mol. The number of carbonyl (C=O) groups excluding carboxylic acids is 1. The van der Waals surface area contributed by atoms with Crippen LogP contribution in [0.3, 0.4) is 0 Å². The lowest BCUT2D eigenvalue weighted by Crippen LogP contribution is -2.36. The number of hydroxylamine groups is 1. The first-order chi connectivity index (χ1) is 11.5. The third-order valence-electron chi connectivity index (χ3n) is 3.72. The Morgan fingerprint density at radius 1 is 1.33 bits per heavy atom. The normalized spacial score (nSPS) is 10.4. The summed E-state index contributed by atoms with van der Waals surface area (Å²) in [6, 6.07) is 11.0.